The van der Waals surface area contributed by atoms with Gasteiger partial charge in [-0.05, 0) is 86.0 Å². The highest BCUT2D eigenvalue weighted by Gasteiger charge is 2.20. The Morgan fingerprint density at radius 1 is 0.706 bits per heavy atom. The van der Waals surface area contributed by atoms with Crippen molar-refractivity contribution >= 4 is 38.6 Å². The molecule has 0 amide bonds. The maximum absolute atomic E-state index is 15.0. The Bertz CT molecular complexity index is 1710. The van der Waals surface area contributed by atoms with Crippen LogP contribution in [0.15, 0.2) is 102 Å². The summed E-state index contributed by atoms with van der Waals surface area (Å²) in [6.07, 6.45) is 8.24. The van der Waals surface area contributed by atoms with Crippen molar-refractivity contribution in [1.29, 1.82) is 0 Å². The molecule has 2 heteroatoms. The van der Waals surface area contributed by atoms with E-state index in [1.807, 2.05) is 12.1 Å². The second-order valence-corrected chi connectivity index (χ2v) is 8.96. The molecule has 0 radical (unpaired) electrons. The molecule has 0 aliphatic heterocycles. The molecule has 1 heterocycles. The number of hydrogen-bond acceptors (Lipinski definition) is 1. The van der Waals surface area contributed by atoms with Crippen LogP contribution in [0.25, 0.3) is 60.8 Å². The summed E-state index contributed by atoms with van der Waals surface area (Å²) < 4.78 is 20.4. The predicted molar refractivity (Wildman–Crippen MR) is 139 cm³/mol. The number of aryl methyl sites for hydroxylation is 1. The molecule has 0 bridgehead atoms. The first-order chi connectivity index (χ1) is 16.8. The zero-order valence-corrected chi connectivity index (χ0v) is 18.5. The van der Waals surface area contributed by atoms with E-state index in [2.05, 4.69) is 78.9 Å². The predicted octanol–water partition coefficient (Wildman–Crippen LogP) is 9.17. The van der Waals surface area contributed by atoms with Gasteiger partial charge in [0.2, 0.25) is 0 Å². The molecule has 1 aromatic heterocycles. The molecule has 0 saturated heterocycles. The van der Waals surface area contributed by atoms with Gasteiger partial charge in [0.05, 0.1) is 6.26 Å². The van der Waals surface area contributed by atoms with Gasteiger partial charge >= 0.3 is 0 Å². The number of halogens is 1. The Kier molecular flexibility index (Phi) is 4.22. The molecular weight excluding hydrogens is 419 g/mol. The van der Waals surface area contributed by atoms with Gasteiger partial charge in [-0.1, -0.05) is 78.9 Å². The standard InChI is InChI=1S/C32H21FO/c33-29-19-22(18-21-16-17-34-32(21)29)30-25-11-3-5-13-27(25)31(28-14-6-4-12-26(28)30)24-15-7-9-20-8-1-2-10-23(20)24/h2-7,9-19H,1,8H2. The summed E-state index contributed by atoms with van der Waals surface area (Å²) in [5.74, 6) is -0.336. The van der Waals surface area contributed by atoms with Crippen molar-refractivity contribution in [2.45, 2.75) is 12.8 Å². The molecule has 5 aromatic carbocycles. The van der Waals surface area contributed by atoms with Crippen molar-refractivity contribution in [2.24, 2.45) is 0 Å². The molecule has 7 rings (SSSR count). The topological polar surface area (TPSA) is 13.1 Å². The van der Waals surface area contributed by atoms with Gasteiger partial charge in [0.15, 0.2) is 11.4 Å². The maximum atomic E-state index is 15.0. The molecule has 162 valence electrons. The van der Waals surface area contributed by atoms with Crippen LogP contribution >= 0.6 is 0 Å². The maximum Gasteiger partial charge on any atom is 0.169 e. The van der Waals surface area contributed by atoms with Crippen LogP contribution in [-0.4, -0.2) is 0 Å². The third-order valence-electron chi connectivity index (χ3n) is 7.06. The lowest BCUT2D eigenvalue weighted by atomic mass is 9.82. The van der Waals surface area contributed by atoms with E-state index in [0.717, 1.165) is 40.1 Å². The van der Waals surface area contributed by atoms with Crippen molar-refractivity contribution in [3.63, 3.8) is 0 Å². The number of furan rings is 1. The Morgan fingerprint density at radius 2 is 1.41 bits per heavy atom. The second kappa shape index (κ2) is 7.43. The van der Waals surface area contributed by atoms with Gasteiger partial charge in [0, 0.05) is 5.39 Å². The van der Waals surface area contributed by atoms with Crippen molar-refractivity contribution in [1.82, 2.24) is 0 Å². The Morgan fingerprint density at radius 3 is 2.15 bits per heavy atom. The highest BCUT2D eigenvalue weighted by Crippen LogP contribution is 2.46. The summed E-state index contributed by atoms with van der Waals surface area (Å²) in [5, 5.41) is 5.37. The van der Waals surface area contributed by atoms with Gasteiger partial charge in [-0.25, -0.2) is 4.39 Å². The largest absolute Gasteiger partial charge is 0.461 e. The van der Waals surface area contributed by atoms with Crippen LogP contribution in [0.5, 0.6) is 0 Å². The van der Waals surface area contributed by atoms with Gasteiger partial charge < -0.3 is 4.42 Å². The highest BCUT2D eigenvalue weighted by atomic mass is 19.1. The normalized spacial score (nSPS) is 13.1. The molecule has 34 heavy (non-hydrogen) atoms. The Balaban J connectivity index is 1.65. The first kappa shape index (κ1) is 19.3. The molecule has 1 aliphatic rings. The van der Waals surface area contributed by atoms with Crippen LogP contribution in [0, 0.1) is 5.82 Å². The lowest BCUT2D eigenvalue weighted by Crippen LogP contribution is -1.98. The number of hydrogen-bond donors (Lipinski definition) is 0. The van der Waals surface area contributed by atoms with Gasteiger partial charge in [-0.15, -0.1) is 0 Å². The third kappa shape index (κ3) is 2.78. The number of rotatable bonds is 2. The fourth-order valence-corrected chi connectivity index (χ4v) is 5.60. The molecule has 1 aliphatic carbocycles. The lowest BCUT2D eigenvalue weighted by molar-refractivity contribution is 0.560. The first-order valence-electron chi connectivity index (χ1n) is 11.7. The van der Waals surface area contributed by atoms with Crippen molar-refractivity contribution in [2.75, 3.05) is 0 Å². The summed E-state index contributed by atoms with van der Waals surface area (Å²) in [7, 11) is 0. The highest BCUT2D eigenvalue weighted by molar-refractivity contribution is 6.22. The smallest absolute Gasteiger partial charge is 0.169 e. The van der Waals surface area contributed by atoms with Gasteiger partial charge in [0.1, 0.15) is 0 Å². The van der Waals surface area contributed by atoms with Gasteiger partial charge in [-0.2, -0.15) is 0 Å². The molecule has 0 fully saturated rings. The molecular formula is C32H21FO. The van der Waals surface area contributed by atoms with Crippen LogP contribution in [-0.2, 0) is 6.42 Å². The zero-order chi connectivity index (χ0) is 22.6. The minimum atomic E-state index is -0.336. The molecule has 0 N–H and O–H groups in total. The van der Waals surface area contributed by atoms with Crippen molar-refractivity contribution < 1.29 is 8.81 Å². The van der Waals surface area contributed by atoms with Gasteiger partial charge in [0.25, 0.3) is 0 Å². The number of fused-ring (bicyclic) bond motifs is 4. The van der Waals surface area contributed by atoms with E-state index < -0.39 is 0 Å². The van der Waals surface area contributed by atoms with E-state index in [4.69, 9.17) is 4.42 Å². The van der Waals surface area contributed by atoms with Crippen LogP contribution in [0.4, 0.5) is 4.39 Å². The van der Waals surface area contributed by atoms with Gasteiger partial charge in [-0.3, -0.25) is 0 Å². The van der Waals surface area contributed by atoms with Crippen LogP contribution in [0.3, 0.4) is 0 Å². The van der Waals surface area contributed by atoms with Crippen LogP contribution in [0.2, 0.25) is 0 Å². The van der Waals surface area contributed by atoms with E-state index >= 15 is 0 Å². The monoisotopic (exact) mass is 440 g/mol. The molecule has 0 spiro atoms. The van der Waals surface area contributed by atoms with E-state index in [1.54, 1.807) is 12.3 Å². The van der Waals surface area contributed by atoms with E-state index in [0.29, 0.717) is 5.58 Å². The Hall–Kier alpha value is -4.17. The number of benzene rings is 5. The molecule has 1 nitrogen and oxygen atoms in total. The van der Waals surface area contributed by atoms with Crippen LogP contribution in [0.1, 0.15) is 17.5 Å². The van der Waals surface area contributed by atoms with E-state index in [9.17, 15) is 4.39 Å². The van der Waals surface area contributed by atoms with E-state index in [-0.39, 0.29) is 5.82 Å². The summed E-state index contributed by atoms with van der Waals surface area (Å²) in [5.41, 5.74) is 7.41. The summed E-state index contributed by atoms with van der Waals surface area (Å²) in [6, 6.07) is 29.1. The minimum Gasteiger partial charge on any atom is -0.461 e. The average Bonchev–Trinajstić information content (AvgIpc) is 3.36. The van der Waals surface area contributed by atoms with Crippen LogP contribution < -0.4 is 0 Å². The molecule has 0 unspecified atom stereocenters. The molecule has 6 aromatic rings. The quantitative estimate of drug-likeness (QED) is 0.245. The SMILES string of the molecule is Fc1cc(-c2c3ccccc3c(-c3cccc4c3C=CCC4)c3ccccc23)cc2ccoc12. The Labute approximate surface area is 196 Å². The second-order valence-electron chi connectivity index (χ2n) is 8.96. The lowest BCUT2D eigenvalue weighted by Gasteiger charge is -2.21. The van der Waals surface area contributed by atoms with Crippen molar-refractivity contribution in [3.8, 4) is 22.3 Å². The zero-order valence-electron chi connectivity index (χ0n) is 18.5. The fourth-order valence-electron chi connectivity index (χ4n) is 5.60. The minimum absolute atomic E-state index is 0.302. The van der Waals surface area contributed by atoms with E-state index in [1.165, 1.54) is 33.0 Å². The first-order valence-corrected chi connectivity index (χ1v) is 11.7. The number of allylic oxidation sites excluding steroid dienone is 1. The fraction of sp³-hybridized carbons (Fsp3) is 0.0625. The molecule has 0 saturated carbocycles. The summed E-state index contributed by atoms with van der Waals surface area (Å²) >= 11 is 0. The molecule has 0 atom stereocenters. The van der Waals surface area contributed by atoms with Crippen molar-refractivity contribution in [3.05, 3.63) is 114 Å². The third-order valence-corrected chi connectivity index (χ3v) is 7.06. The summed E-state index contributed by atoms with van der Waals surface area (Å²) in [6.45, 7) is 0. The average molecular weight is 441 g/mol. The summed E-state index contributed by atoms with van der Waals surface area (Å²) in [4.78, 5) is 0.